The fourth-order valence-corrected chi connectivity index (χ4v) is 1.70. The second-order valence-electron chi connectivity index (χ2n) is 4.44. The van der Waals surface area contributed by atoms with Crippen LogP contribution in [0, 0.1) is 0 Å². The van der Waals surface area contributed by atoms with Gasteiger partial charge < -0.3 is 5.32 Å². The molecule has 100 valence electrons. The fraction of sp³-hybridized carbons (Fsp3) is 0.786. The van der Waals surface area contributed by atoms with Crippen molar-refractivity contribution in [3.63, 3.8) is 0 Å². The zero-order valence-electron chi connectivity index (χ0n) is 11.5. The van der Waals surface area contributed by atoms with Crippen LogP contribution in [0.4, 0.5) is 0 Å². The molecule has 3 heteroatoms. The van der Waals surface area contributed by atoms with Gasteiger partial charge in [-0.05, 0) is 32.0 Å². The second-order valence-corrected chi connectivity index (χ2v) is 4.44. The lowest BCUT2D eigenvalue weighted by Crippen LogP contribution is -2.38. The van der Waals surface area contributed by atoms with Crippen molar-refractivity contribution in [2.24, 2.45) is 0 Å². The van der Waals surface area contributed by atoms with E-state index in [0.717, 1.165) is 13.1 Å². The van der Waals surface area contributed by atoms with E-state index in [-0.39, 0.29) is 5.91 Å². The number of hydrogen-bond acceptors (Lipinski definition) is 2. The largest absolute Gasteiger partial charge is 0.340 e. The van der Waals surface area contributed by atoms with Crippen molar-refractivity contribution >= 4 is 5.91 Å². The third-order valence-electron chi connectivity index (χ3n) is 2.82. The van der Waals surface area contributed by atoms with Crippen LogP contribution in [0.25, 0.3) is 0 Å². The molecule has 0 rings (SSSR count). The molecule has 0 aromatic rings. The summed E-state index contributed by atoms with van der Waals surface area (Å²) in [7, 11) is 0. The molecular formula is C14H28N2O. The third-order valence-corrected chi connectivity index (χ3v) is 2.82. The van der Waals surface area contributed by atoms with Gasteiger partial charge in [-0.15, -0.1) is 0 Å². The van der Waals surface area contributed by atoms with Crippen LogP contribution in [0.5, 0.6) is 0 Å². The molecule has 0 saturated carbocycles. The predicted octanol–water partition coefficient (Wildman–Crippen LogP) is 2.93. The molecule has 0 radical (unpaired) electrons. The lowest BCUT2D eigenvalue weighted by molar-refractivity contribution is -0.117. The summed E-state index contributed by atoms with van der Waals surface area (Å²) in [5.74, 6) is -0.0824. The summed E-state index contributed by atoms with van der Waals surface area (Å²) in [4.78, 5) is 13.4. The Morgan fingerprint density at radius 2 is 1.65 bits per heavy atom. The van der Waals surface area contributed by atoms with Gasteiger partial charge in [0.15, 0.2) is 0 Å². The SMILES string of the molecule is C=CC(=O)NCN(CCCCC)CCCCC. The normalized spacial score (nSPS) is 10.5. The predicted molar refractivity (Wildman–Crippen MR) is 73.8 cm³/mol. The van der Waals surface area contributed by atoms with E-state index >= 15 is 0 Å². The van der Waals surface area contributed by atoms with Gasteiger partial charge in [-0.2, -0.15) is 0 Å². The van der Waals surface area contributed by atoms with Gasteiger partial charge in [0.1, 0.15) is 0 Å². The standard InChI is InChI=1S/C14H28N2O/c1-4-7-9-11-16(12-10-8-5-2)13-15-14(17)6-3/h6H,3-5,7-13H2,1-2H3,(H,15,17). The Bertz CT molecular complexity index is 194. The van der Waals surface area contributed by atoms with Gasteiger partial charge in [0.05, 0.1) is 6.67 Å². The first kappa shape index (κ1) is 16.2. The first-order valence-corrected chi connectivity index (χ1v) is 6.87. The van der Waals surface area contributed by atoms with Gasteiger partial charge in [0.25, 0.3) is 0 Å². The molecule has 0 saturated heterocycles. The van der Waals surface area contributed by atoms with Gasteiger partial charge in [0.2, 0.25) is 5.91 Å². The Morgan fingerprint density at radius 1 is 1.12 bits per heavy atom. The number of nitrogens with zero attached hydrogens (tertiary/aromatic N) is 1. The molecule has 0 atom stereocenters. The van der Waals surface area contributed by atoms with E-state index < -0.39 is 0 Å². The summed E-state index contributed by atoms with van der Waals surface area (Å²) < 4.78 is 0. The number of unbranched alkanes of at least 4 members (excludes halogenated alkanes) is 4. The minimum absolute atomic E-state index is 0.0824. The van der Waals surface area contributed by atoms with E-state index in [1.165, 1.54) is 44.6 Å². The quantitative estimate of drug-likeness (QED) is 0.342. The van der Waals surface area contributed by atoms with Crippen molar-refractivity contribution in [2.45, 2.75) is 52.4 Å². The van der Waals surface area contributed by atoms with Crippen LogP contribution in [0.2, 0.25) is 0 Å². The number of hydrogen-bond donors (Lipinski definition) is 1. The van der Waals surface area contributed by atoms with Crippen LogP contribution in [0.1, 0.15) is 52.4 Å². The molecule has 0 aromatic carbocycles. The lowest BCUT2D eigenvalue weighted by Gasteiger charge is -2.22. The number of amides is 1. The topological polar surface area (TPSA) is 32.3 Å². The van der Waals surface area contributed by atoms with Crippen LogP contribution in [-0.4, -0.2) is 30.6 Å². The van der Waals surface area contributed by atoms with Gasteiger partial charge in [-0.3, -0.25) is 9.69 Å². The van der Waals surface area contributed by atoms with Crippen LogP contribution < -0.4 is 5.32 Å². The van der Waals surface area contributed by atoms with Crippen LogP contribution in [0.3, 0.4) is 0 Å². The van der Waals surface area contributed by atoms with Gasteiger partial charge in [-0.1, -0.05) is 46.1 Å². The molecule has 1 N–H and O–H groups in total. The molecule has 0 aromatic heterocycles. The van der Waals surface area contributed by atoms with Crippen LogP contribution in [-0.2, 0) is 4.79 Å². The van der Waals surface area contributed by atoms with Crippen molar-refractivity contribution in [1.82, 2.24) is 10.2 Å². The highest BCUT2D eigenvalue weighted by Crippen LogP contribution is 2.01. The van der Waals surface area contributed by atoms with Gasteiger partial charge >= 0.3 is 0 Å². The van der Waals surface area contributed by atoms with Gasteiger partial charge in [-0.25, -0.2) is 0 Å². The van der Waals surface area contributed by atoms with Crippen LogP contribution in [0.15, 0.2) is 12.7 Å². The third kappa shape index (κ3) is 10.1. The Labute approximate surface area is 106 Å². The summed E-state index contributed by atoms with van der Waals surface area (Å²) in [6.45, 7) is 10.7. The molecule has 0 fully saturated rings. The Kier molecular flexibility index (Phi) is 11.1. The molecule has 1 amide bonds. The number of nitrogens with one attached hydrogen (secondary N) is 1. The van der Waals surface area contributed by atoms with E-state index in [2.05, 4.69) is 30.6 Å². The molecular weight excluding hydrogens is 212 g/mol. The fourth-order valence-electron chi connectivity index (χ4n) is 1.70. The highest BCUT2D eigenvalue weighted by Gasteiger charge is 2.04. The maximum atomic E-state index is 11.1. The molecule has 17 heavy (non-hydrogen) atoms. The van der Waals surface area contributed by atoms with E-state index in [4.69, 9.17) is 0 Å². The highest BCUT2D eigenvalue weighted by molar-refractivity contribution is 5.86. The molecule has 0 aliphatic rings. The molecule has 0 unspecified atom stereocenters. The molecule has 3 nitrogen and oxygen atoms in total. The molecule has 0 heterocycles. The number of carbonyl (C=O) groups excluding carboxylic acids is 1. The molecule has 0 aliphatic carbocycles. The number of rotatable bonds is 11. The van der Waals surface area contributed by atoms with Crippen molar-refractivity contribution in [2.75, 3.05) is 19.8 Å². The summed E-state index contributed by atoms with van der Waals surface area (Å²) in [6, 6.07) is 0. The molecule has 0 aliphatic heterocycles. The van der Waals surface area contributed by atoms with Crippen molar-refractivity contribution in [1.29, 1.82) is 0 Å². The molecule has 0 spiro atoms. The van der Waals surface area contributed by atoms with E-state index in [1.807, 2.05) is 0 Å². The minimum atomic E-state index is -0.0824. The first-order chi connectivity index (χ1) is 8.24. The van der Waals surface area contributed by atoms with E-state index in [1.54, 1.807) is 0 Å². The first-order valence-electron chi connectivity index (χ1n) is 6.87. The number of carbonyl (C=O) groups is 1. The highest BCUT2D eigenvalue weighted by atomic mass is 16.1. The Hall–Kier alpha value is -0.830. The van der Waals surface area contributed by atoms with E-state index in [0.29, 0.717) is 6.67 Å². The Balaban J connectivity index is 3.82. The summed E-state index contributed by atoms with van der Waals surface area (Å²) in [5.41, 5.74) is 0. The summed E-state index contributed by atoms with van der Waals surface area (Å²) in [5, 5.41) is 2.86. The second kappa shape index (κ2) is 11.6. The summed E-state index contributed by atoms with van der Waals surface area (Å²) >= 11 is 0. The van der Waals surface area contributed by atoms with E-state index in [9.17, 15) is 4.79 Å². The minimum Gasteiger partial charge on any atom is -0.340 e. The van der Waals surface area contributed by atoms with Gasteiger partial charge in [0, 0.05) is 0 Å². The van der Waals surface area contributed by atoms with Crippen molar-refractivity contribution in [3.05, 3.63) is 12.7 Å². The smallest absolute Gasteiger partial charge is 0.244 e. The maximum Gasteiger partial charge on any atom is 0.244 e. The lowest BCUT2D eigenvalue weighted by atomic mass is 10.2. The van der Waals surface area contributed by atoms with Crippen LogP contribution >= 0.6 is 0 Å². The monoisotopic (exact) mass is 240 g/mol. The zero-order valence-corrected chi connectivity index (χ0v) is 11.5. The summed E-state index contributed by atoms with van der Waals surface area (Å²) in [6.07, 6.45) is 8.76. The molecule has 0 bridgehead atoms. The Morgan fingerprint density at radius 3 is 2.06 bits per heavy atom. The van der Waals surface area contributed by atoms with Crippen molar-refractivity contribution < 1.29 is 4.79 Å². The zero-order chi connectivity index (χ0) is 12.9. The average Bonchev–Trinajstić information content (AvgIpc) is 2.35. The van der Waals surface area contributed by atoms with Crippen molar-refractivity contribution in [3.8, 4) is 0 Å². The average molecular weight is 240 g/mol. The maximum absolute atomic E-state index is 11.1.